The third kappa shape index (κ3) is 3.89. The molecule has 0 aliphatic carbocycles. The summed E-state index contributed by atoms with van der Waals surface area (Å²) in [7, 11) is 0. The molecular weight excluding hydrogens is 386 g/mol. The molecule has 0 aliphatic rings. The maximum atomic E-state index is 6.01. The molecule has 5 rings (SSSR count). The van der Waals surface area contributed by atoms with Gasteiger partial charge in [-0.1, -0.05) is 66.7 Å². The van der Waals surface area contributed by atoms with Gasteiger partial charge in [0, 0.05) is 17.7 Å². The number of hydrogen-bond acceptors (Lipinski definition) is 5. The van der Waals surface area contributed by atoms with Gasteiger partial charge in [0.15, 0.2) is 5.82 Å². The Morgan fingerprint density at radius 3 is 2.48 bits per heavy atom. The Morgan fingerprint density at radius 1 is 0.839 bits per heavy atom. The highest BCUT2D eigenvalue weighted by atomic mass is 16.5. The summed E-state index contributed by atoms with van der Waals surface area (Å²) in [4.78, 5) is 9.13. The lowest BCUT2D eigenvalue weighted by atomic mass is 10.1. The summed E-state index contributed by atoms with van der Waals surface area (Å²) in [6.07, 6.45) is 3.31. The van der Waals surface area contributed by atoms with Gasteiger partial charge in [0.1, 0.15) is 29.9 Å². The molecule has 5 aromatic rings. The zero-order valence-electron chi connectivity index (χ0n) is 16.8. The van der Waals surface area contributed by atoms with Gasteiger partial charge in [0.05, 0.1) is 6.20 Å². The van der Waals surface area contributed by atoms with Crippen LogP contribution in [-0.4, -0.2) is 19.6 Å². The highest BCUT2D eigenvalue weighted by Gasteiger charge is 2.16. The Kier molecular flexibility index (Phi) is 5.12. The number of hydrogen-bond donors (Lipinski definition) is 1. The Labute approximate surface area is 180 Å². The number of benzene rings is 3. The van der Waals surface area contributed by atoms with Crippen LogP contribution in [0.4, 0.5) is 0 Å². The molecule has 6 heteroatoms. The van der Waals surface area contributed by atoms with Gasteiger partial charge in [-0.05, 0) is 23.3 Å². The molecule has 0 saturated heterocycles. The van der Waals surface area contributed by atoms with Crippen LogP contribution in [0.25, 0.3) is 28.2 Å². The van der Waals surface area contributed by atoms with Crippen molar-refractivity contribution >= 4 is 5.52 Å². The third-order valence-corrected chi connectivity index (χ3v) is 5.12. The summed E-state index contributed by atoms with van der Waals surface area (Å²) < 4.78 is 7.82. The highest BCUT2D eigenvalue weighted by Crippen LogP contribution is 2.30. The van der Waals surface area contributed by atoms with Crippen LogP contribution in [0, 0.1) is 0 Å². The van der Waals surface area contributed by atoms with Gasteiger partial charge in [-0.3, -0.25) is 0 Å². The summed E-state index contributed by atoms with van der Waals surface area (Å²) in [6, 6.07) is 26.1. The number of nitrogens with zero attached hydrogens (tertiary/aromatic N) is 4. The molecule has 0 amide bonds. The van der Waals surface area contributed by atoms with Crippen LogP contribution in [0.5, 0.6) is 5.75 Å². The maximum absolute atomic E-state index is 6.01. The molecule has 3 aromatic carbocycles. The first-order valence-corrected chi connectivity index (χ1v) is 10.1. The van der Waals surface area contributed by atoms with E-state index in [-0.39, 0.29) is 0 Å². The Morgan fingerprint density at radius 2 is 1.68 bits per heavy atom. The van der Waals surface area contributed by atoms with Crippen LogP contribution in [0.1, 0.15) is 11.1 Å². The molecule has 0 saturated carbocycles. The molecule has 0 aliphatic heterocycles. The normalized spacial score (nSPS) is 11.0. The number of nitrogens with two attached hydrogens (primary N) is 1. The van der Waals surface area contributed by atoms with E-state index >= 15 is 0 Å². The second-order valence-electron chi connectivity index (χ2n) is 7.19. The van der Waals surface area contributed by atoms with E-state index in [9.17, 15) is 0 Å². The van der Waals surface area contributed by atoms with E-state index in [2.05, 4.69) is 10.1 Å². The second-order valence-corrected chi connectivity index (χ2v) is 7.19. The van der Waals surface area contributed by atoms with E-state index < -0.39 is 0 Å². The van der Waals surface area contributed by atoms with Gasteiger partial charge < -0.3 is 10.5 Å². The fourth-order valence-corrected chi connectivity index (χ4v) is 3.51. The fourth-order valence-electron chi connectivity index (χ4n) is 3.51. The molecule has 2 N–H and O–H groups in total. The molecular formula is C25H21N5O. The van der Waals surface area contributed by atoms with Crippen molar-refractivity contribution in [1.29, 1.82) is 0 Å². The monoisotopic (exact) mass is 407 g/mol. The van der Waals surface area contributed by atoms with Gasteiger partial charge in [-0.2, -0.15) is 5.10 Å². The van der Waals surface area contributed by atoms with E-state index in [0.717, 1.165) is 45.0 Å². The van der Waals surface area contributed by atoms with E-state index in [1.54, 1.807) is 6.20 Å². The zero-order valence-corrected chi connectivity index (χ0v) is 16.8. The molecule has 0 bridgehead atoms. The minimum atomic E-state index is 0.506. The lowest BCUT2D eigenvalue weighted by Crippen LogP contribution is -1.97. The summed E-state index contributed by atoms with van der Waals surface area (Å²) >= 11 is 0. The number of imidazole rings is 1. The van der Waals surface area contributed by atoms with E-state index in [4.69, 9.17) is 15.5 Å². The molecule has 0 atom stereocenters. The van der Waals surface area contributed by atoms with E-state index in [1.165, 1.54) is 6.33 Å². The lowest BCUT2D eigenvalue weighted by Gasteiger charge is -2.07. The first-order valence-electron chi connectivity index (χ1n) is 10.1. The van der Waals surface area contributed by atoms with Crippen molar-refractivity contribution in [2.24, 2.45) is 5.73 Å². The predicted octanol–water partition coefficient (Wildman–Crippen LogP) is 4.50. The second kappa shape index (κ2) is 8.38. The Bertz CT molecular complexity index is 1310. The molecule has 0 radical (unpaired) electrons. The highest BCUT2D eigenvalue weighted by molar-refractivity contribution is 5.81. The van der Waals surface area contributed by atoms with Crippen molar-refractivity contribution in [1.82, 2.24) is 19.6 Å². The summed E-state index contributed by atoms with van der Waals surface area (Å²) in [5.41, 5.74) is 11.5. The van der Waals surface area contributed by atoms with Crippen LogP contribution >= 0.6 is 0 Å². The minimum Gasteiger partial charge on any atom is -0.489 e. The average molecular weight is 407 g/mol. The number of rotatable bonds is 6. The van der Waals surface area contributed by atoms with Crippen molar-refractivity contribution < 1.29 is 4.74 Å². The van der Waals surface area contributed by atoms with Crippen molar-refractivity contribution in [3.05, 3.63) is 103 Å². The molecule has 31 heavy (non-hydrogen) atoms. The van der Waals surface area contributed by atoms with Crippen molar-refractivity contribution in [3.63, 3.8) is 0 Å². The molecule has 0 spiro atoms. The molecule has 152 valence electrons. The quantitative estimate of drug-likeness (QED) is 0.448. The lowest BCUT2D eigenvalue weighted by molar-refractivity contribution is 0.306. The van der Waals surface area contributed by atoms with Gasteiger partial charge in [0.25, 0.3) is 0 Å². The van der Waals surface area contributed by atoms with Crippen LogP contribution in [0.2, 0.25) is 0 Å². The van der Waals surface area contributed by atoms with Crippen molar-refractivity contribution in [2.45, 2.75) is 13.2 Å². The maximum Gasteiger partial charge on any atom is 0.162 e. The summed E-state index contributed by atoms with van der Waals surface area (Å²) in [5, 5.41) is 4.43. The summed E-state index contributed by atoms with van der Waals surface area (Å²) in [5.74, 6) is 1.54. The van der Waals surface area contributed by atoms with Gasteiger partial charge in [-0.25, -0.2) is 14.5 Å². The minimum absolute atomic E-state index is 0.506. The SMILES string of the molecule is NCc1ccc(-c2nc(-c3cccc(OCc4ccccc4)c3)c3cncnn23)cc1. The average Bonchev–Trinajstić information content (AvgIpc) is 3.23. The Hall–Kier alpha value is -4.03. The summed E-state index contributed by atoms with van der Waals surface area (Å²) in [6.45, 7) is 1.02. The molecule has 0 fully saturated rings. The van der Waals surface area contributed by atoms with Gasteiger partial charge in [0.2, 0.25) is 0 Å². The number of ether oxygens (including phenoxy) is 1. The largest absolute Gasteiger partial charge is 0.489 e. The van der Waals surface area contributed by atoms with Crippen molar-refractivity contribution in [3.8, 4) is 28.4 Å². The third-order valence-electron chi connectivity index (χ3n) is 5.12. The number of fused-ring (bicyclic) bond motifs is 1. The molecule has 6 nitrogen and oxygen atoms in total. The predicted molar refractivity (Wildman–Crippen MR) is 120 cm³/mol. The van der Waals surface area contributed by atoms with E-state index in [1.807, 2.05) is 83.4 Å². The van der Waals surface area contributed by atoms with Crippen LogP contribution in [-0.2, 0) is 13.2 Å². The van der Waals surface area contributed by atoms with Crippen LogP contribution < -0.4 is 10.5 Å². The van der Waals surface area contributed by atoms with Crippen LogP contribution in [0.3, 0.4) is 0 Å². The first-order chi connectivity index (χ1) is 15.3. The Balaban J connectivity index is 1.51. The van der Waals surface area contributed by atoms with Crippen LogP contribution in [0.15, 0.2) is 91.4 Å². The van der Waals surface area contributed by atoms with Gasteiger partial charge in [-0.15, -0.1) is 0 Å². The molecule has 2 aromatic heterocycles. The molecule has 2 heterocycles. The first kappa shape index (κ1) is 19.0. The van der Waals surface area contributed by atoms with E-state index in [0.29, 0.717) is 13.2 Å². The number of aromatic nitrogens is 4. The van der Waals surface area contributed by atoms with Gasteiger partial charge >= 0.3 is 0 Å². The smallest absolute Gasteiger partial charge is 0.162 e. The van der Waals surface area contributed by atoms with Crippen molar-refractivity contribution in [2.75, 3.05) is 0 Å². The fraction of sp³-hybridized carbons (Fsp3) is 0.0800. The molecule has 0 unspecified atom stereocenters. The standard InChI is InChI=1S/C25H21N5O/c26-14-18-9-11-20(12-10-18)25-29-24(23-15-27-17-28-30(23)25)21-7-4-8-22(13-21)31-16-19-5-2-1-3-6-19/h1-13,15,17H,14,16,26H2. The zero-order chi connectivity index (χ0) is 21.0. The topological polar surface area (TPSA) is 78.3 Å².